The number of hydrogen-bond acceptors (Lipinski definition) is 5. The van der Waals surface area contributed by atoms with E-state index in [1.165, 1.54) is 0 Å². The number of hydrogen-bond donors (Lipinski definition) is 2. The van der Waals surface area contributed by atoms with Gasteiger partial charge in [0.05, 0.1) is 12.7 Å². The van der Waals surface area contributed by atoms with Crippen molar-refractivity contribution in [3.05, 3.63) is 0 Å². The van der Waals surface area contributed by atoms with Gasteiger partial charge < -0.3 is 9.47 Å². The third-order valence-electron chi connectivity index (χ3n) is 2.37. The van der Waals surface area contributed by atoms with Crippen molar-refractivity contribution < 1.29 is 9.47 Å². The van der Waals surface area contributed by atoms with E-state index in [1.54, 1.807) is 7.11 Å². The Labute approximate surface area is 89.9 Å². The van der Waals surface area contributed by atoms with E-state index in [0.717, 1.165) is 37.6 Å². The molecule has 14 heavy (non-hydrogen) atoms. The molecule has 1 aliphatic heterocycles. The normalized spacial score (nSPS) is 24.9. The molecule has 1 heterocycles. The number of thioether (sulfide) groups is 1. The van der Waals surface area contributed by atoms with Gasteiger partial charge in [-0.3, -0.25) is 11.3 Å². The zero-order chi connectivity index (χ0) is 10.2. The van der Waals surface area contributed by atoms with Crippen LogP contribution in [0.2, 0.25) is 0 Å². The Morgan fingerprint density at radius 1 is 1.71 bits per heavy atom. The average molecular weight is 220 g/mol. The summed E-state index contributed by atoms with van der Waals surface area (Å²) in [5, 5.41) is 0. The Bertz CT molecular complexity index is 143. The molecule has 0 aromatic carbocycles. The predicted molar refractivity (Wildman–Crippen MR) is 59.3 cm³/mol. The number of nitrogens with one attached hydrogen (secondary N) is 1. The molecule has 5 heteroatoms. The van der Waals surface area contributed by atoms with Crippen LogP contribution in [0.15, 0.2) is 0 Å². The number of hydrazine groups is 1. The maximum Gasteiger partial charge on any atom is 0.0832 e. The molecule has 4 nitrogen and oxygen atoms in total. The maximum absolute atomic E-state index is 5.66. The molecule has 1 fully saturated rings. The van der Waals surface area contributed by atoms with Crippen molar-refractivity contribution in [2.75, 3.05) is 31.8 Å². The molecule has 0 radical (unpaired) electrons. The van der Waals surface area contributed by atoms with Gasteiger partial charge in [0.25, 0.3) is 0 Å². The van der Waals surface area contributed by atoms with E-state index in [1.807, 2.05) is 11.8 Å². The summed E-state index contributed by atoms with van der Waals surface area (Å²) in [5.41, 5.74) is 2.84. The van der Waals surface area contributed by atoms with Crippen LogP contribution in [0.4, 0.5) is 0 Å². The molecule has 1 aliphatic rings. The summed E-state index contributed by atoms with van der Waals surface area (Å²) < 4.78 is 10.7. The highest BCUT2D eigenvalue weighted by Crippen LogP contribution is 2.17. The molecule has 84 valence electrons. The highest BCUT2D eigenvalue weighted by atomic mass is 32.2. The van der Waals surface area contributed by atoms with Crippen LogP contribution >= 0.6 is 11.8 Å². The second kappa shape index (κ2) is 7.48. The number of rotatable bonds is 6. The van der Waals surface area contributed by atoms with Crippen molar-refractivity contribution in [2.24, 2.45) is 5.84 Å². The minimum absolute atomic E-state index is 0.260. The summed E-state index contributed by atoms with van der Waals surface area (Å²) in [4.78, 5) is 0. The maximum atomic E-state index is 5.66. The number of ether oxygens (including phenoxy) is 2. The summed E-state index contributed by atoms with van der Waals surface area (Å²) in [5.74, 6) is 7.65. The SMILES string of the molecule is COCCCC(NN)C1CSCCO1. The summed E-state index contributed by atoms with van der Waals surface area (Å²) in [6, 6.07) is 0.262. The Morgan fingerprint density at radius 2 is 2.57 bits per heavy atom. The fraction of sp³-hybridized carbons (Fsp3) is 1.00. The van der Waals surface area contributed by atoms with E-state index in [4.69, 9.17) is 15.3 Å². The first-order valence-corrected chi connectivity index (χ1v) is 6.18. The van der Waals surface area contributed by atoms with Gasteiger partial charge in [0.1, 0.15) is 0 Å². The molecule has 0 saturated carbocycles. The van der Waals surface area contributed by atoms with Crippen LogP contribution in [0.25, 0.3) is 0 Å². The van der Waals surface area contributed by atoms with Gasteiger partial charge in [0, 0.05) is 31.3 Å². The van der Waals surface area contributed by atoms with Crippen LogP contribution < -0.4 is 11.3 Å². The minimum atomic E-state index is 0.260. The lowest BCUT2D eigenvalue weighted by atomic mass is 10.1. The van der Waals surface area contributed by atoms with E-state index in [0.29, 0.717) is 0 Å². The van der Waals surface area contributed by atoms with Crippen molar-refractivity contribution >= 4 is 11.8 Å². The van der Waals surface area contributed by atoms with Crippen LogP contribution in [-0.4, -0.2) is 44.0 Å². The molecule has 0 aromatic rings. The van der Waals surface area contributed by atoms with Crippen molar-refractivity contribution in [1.82, 2.24) is 5.43 Å². The van der Waals surface area contributed by atoms with E-state index in [2.05, 4.69) is 5.43 Å². The van der Waals surface area contributed by atoms with Crippen LogP contribution in [0, 0.1) is 0 Å². The third-order valence-corrected chi connectivity index (χ3v) is 3.39. The van der Waals surface area contributed by atoms with Crippen LogP contribution in [-0.2, 0) is 9.47 Å². The molecule has 0 spiro atoms. The Balaban J connectivity index is 2.21. The summed E-state index contributed by atoms with van der Waals surface area (Å²) in [7, 11) is 1.72. The topological polar surface area (TPSA) is 56.5 Å². The summed E-state index contributed by atoms with van der Waals surface area (Å²) in [6.07, 6.45) is 2.29. The Morgan fingerprint density at radius 3 is 3.14 bits per heavy atom. The molecule has 0 bridgehead atoms. The van der Waals surface area contributed by atoms with Gasteiger partial charge in [-0.1, -0.05) is 0 Å². The standard InChI is InChI=1S/C9H20N2O2S/c1-12-4-2-3-8(11-10)9-7-14-6-5-13-9/h8-9,11H,2-7,10H2,1H3. The molecule has 2 unspecified atom stereocenters. The van der Waals surface area contributed by atoms with E-state index in [9.17, 15) is 0 Å². The van der Waals surface area contributed by atoms with Gasteiger partial charge in [-0.15, -0.1) is 0 Å². The molecule has 2 atom stereocenters. The van der Waals surface area contributed by atoms with Gasteiger partial charge in [-0.25, -0.2) is 0 Å². The van der Waals surface area contributed by atoms with Gasteiger partial charge in [-0.2, -0.15) is 11.8 Å². The smallest absolute Gasteiger partial charge is 0.0832 e. The van der Waals surface area contributed by atoms with Crippen LogP contribution in [0.5, 0.6) is 0 Å². The first-order chi connectivity index (χ1) is 6.88. The van der Waals surface area contributed by atoms with Gasteiger partial charge in [0.15, 0.2) is 0 Å². The molecule has 0 amide bonds. The zero-order valence-corrected chi connectivity index (χ0v) is 9.52. The zero-order valence-electron chi connectivity index (χ0n) is 8.70. The molecular formula is C9H20N2O2S. The molecule has 3 N–H and O–H groups in total. The van der Waals surface area contributed by atoms with Crippen molar-refractivity contribution in [3.63, 3.8) is 0 Å². The van der Waals surface area contributed by atoms with Crippen LogP contribution in [0.1, 0.15) is 12.8 Å². The Hall–Kier alpha value is 0.190. The lowest BCUT2D eigenvalue weighted by Gasteiger charge is -2.29. The first-order valence-electron chi connectivity index (χ1n) is 5.03. The molecule has 1 rings (SSSR count). The van der Waals surface area contributed by atoms with Gasteiger partial charge in [0.2, 0.25) is 0 Å². The highest BCUT2D eigenvalue weighted by Gasteiger charge is 2.23. The van der Waals surface area contributed by atoms with E-state index in [-0.39, 0.29) is 12.1 Å². The third kappa shape index (κ3) is 4.14. The molecule has 1 saturated heterocycles. The lowest BCUT2D eigenvalue weighted by Crippen LogP contribution is -2.48. The molecule has 0 aliphatic carbocycles. The predicted octanol–water partition coefficient (Wildman–Crippen LogP) is 0.377. The van der Waals surface area contributed by atoms with Crippen LogP contribution in [0.3, 0.4) is 0 Å². The summed E-state index contributed by atoms with van der Waals surface area (Å²) >= 11 is 1.93. The monoisotopic (exact) mass is 220 g/mol. The van der Waals surface area contributed by atoms with E-state index >= 15 is 0 Å². The molecule has 0 aromatic heterocycles. The van der Waals surface area contributed by atoms with E-state index < -0.39 is 0 Å². The van der Waals surface area contributed by atoms with Crippen molar-refractivity contribution in [2.45, 2.75) is 25.0 Å². The minimum Gasteiger partial charge on any atom is -0.385 e. The fourth-order valence-corrected chi connectivity index (χ4v) is 2.50. The highest BCUT2D eigenvalue weighted by molar-refractivity contribution is 7.99. The Kier molecular flexibility index (Phi) is 6.55. The van der Waals surface area contributed by atoms with Crippen molar-refractivity contribution in [1.29, 1.82) is 0 Å². The molecular weight excluding hydrogens is 200 g/mol. The largest absolute Gasteiger partial charge is 0.385 e. The van der Waals surface area contributed by atoms with Gasteiger partial charge in [-0.05, 0) is 12.8 Å². The average Bonchev–Trinajstić information content (AvgIpc) is 2.26. The second-order valence-corrected chi connectivity index (χ2v) is 4.54. The summed E-state index contributed by atoms with van der Waals surface area (Å²) in [6.45, 7) is 1.63. The number of methoxy groups -OCH3 is 1. The first kappa shape index (κ1) is 12.3. The number of nitrogens with two attached hydrogens (primary N) is 1. The lowest BCUT2D eigenvalue weighted by molar-refractivity contribution is 0.0421. The quantitative estimate of drug-likeness (QED) is 0.385. The van der Waals surface area contributed by atoms with Crippen molar-refractivity contribution in [3.8, 4) is 0 Å². The van der Waals surface area contributed by atoms with Gasteiger partial charge >= 0.3 is 0 Å². The fourth-order valence-electron chi connectivity index (χ4n) is 1.56. The second-order valence-electron chi connectivity index (χ2n) is 3.39.